The zero-order valence-corrected chi connectivity index (χ0v) is 11.9. The quantitative estimate of drug-likeness (QED) is 0.918. The summed E-state index contributed by atoms with van der Waals surface area (Å²) in [6.45, 7) is 7.86. The molecule has 1 aromatic carbocycles. The number of hydrogen-bond donors (Lipinski definition) is 1. The molecule has 100 valence electrons. The molecule has 0 aliphatic rings. The summed E-state index contributed by atoms with van der Waals surface area (Å²) in [5.41, 5.74) is 5.44. The molecule has 0 radical (unpaired) electrons. The average Bonchev–Trinajstić information content (AvgIpc) is 2.33. The van der Waals surface area contributed by atoms with Crippen LogP contribution in [0.2, 0.25) is 0 Å². The van der Waals surface area contributed by atoms with Gasteiger partial charge in [0.25, 0.3) is 0 Å². The maximum absolute atomic E-state index is 9.57. The zero-order chi connectivity index (χ0) is 14.0. The molecule has 0 spiro atoms. The Morgan fingerprint density at radius 3 is 2.47 bits per heavy atom. The Morgan fingerprint density at radius 1 is 1.16 bits per heavy atom. The van der Waals surface area contributed by atoms with E-state index in [-0.39, 0.29) is 0 Å². The van der Waals surface area contributed by atoms with Crippen LogP contribution in [0.4, 0.5) is 0 Å². The molecule has 0 fully saturated rings. The molecule has 0 aliphatic heterocycles. The maximum atomic E-state index is 9.57. The van der Waals surface area contributed by atoms with Gasteiger partial charge < -0.3 is 5.11 Å². The van der Waals surface area contributed by atoms with Crippen molar-refractivity contribution in [1.82, 2.24) is 9.97 Å². The molecular weight excluding hydrogens is 236 g/mol. The fourth-order valence-electron chi connectivity index (χ4n) is 2.12. The van der Waals surface area contributed by atoms with Gasteiger partial charge in [-0.15, -0.1) is 0 Å². The van der Waals surface area contributed by atoms with Crippen LogP contribution < -0.4 is 0 Å². The minimum absolute atomic E-state index is 0.518. The highest BCUT2D eigenvalue weighted by Crippen LogP contribution is 2.16. The molecule has 0 saturated carbocycles. The molecule has 2 rings (SSSR count). The fraction of sp³-hybridized carbons (Fsp3) is 0.375. The minimum atomic E-state index is -0.518. The first kappa shape index (κ1) is 13.7. The van der Waals surface area contributed by atoms with Crippen LogP contribution in [0.15, 0.2) is 24.4 Å². The van der Waals surface area contributed by atoms with E-state index >= 15 is 0 Å². The molecule has 3 heteroatoms. The van der Waals surface area contributed by atoms with Crippen molar-refractivity contribution in [3.05, 3.63) is 58.2 Å². The van der Waals surface area contributed by atoms with Crippen LogP contribution in [-0.2, 0) is 6.42 Å². The van der Waals surface area contributed by atoms with Crippen molar-refractivity contribution >= 4 is 0 Å². The monoisotopic (exact) mass is 256 g/mol. The molecule has 1 atom stereocenters. The Hall–Kier alpha value is -1.74. The van der Waals surface area contributed by atoms with Gasteiger partial charge >= 0.3 is 0 Å². The van der Waals surface area contributed by atoms with Crippen LogP contribution in [0.25, 0.3) is 0 Å². The summed E-state index contributed by atoms with van der Waals surface area (Å²) >= 11 is 0. The summed E-state index contributed by atoms with van der Waals surface area (Å²) in [6, 6.07) is 6.42. The predicted octanol–water partition coefficient (Wildman–Crippen LogP) is 3.05. The smallest absolute Gasteiger partial charge is 0.132 e. The second-order valence-corrected chi connectivity index (χ2v) is 5.10. The van der Waals surface area contributed by atoms with E-state index in [2.05, 4.69) is 42.0 Å². The highest BCUT2D eigenvalue weighted by Gasteiger charge is 2.08. The van der Waals surface area contributed by atoms with Gasteiger partial charge in [-0.25, -0.2) is 9.97 Å². The van der Waals surface area contributed by atoms with Gasteiger partial charge in [-0.2, -0.15) is 0 Å². The highest BCUT2D eigenvalue weighted by atomic mass is 16.3. The van der Waals surface area contributed by atoms with Crippen LogP contribution >= 0.6 is 0 Å². The standard InChI is InChI=1S/C16H20N2O/c1-10-5-6-14(7-11(10)2)8-16-17-9-15(13(4)19)12(3)18-16/h5-7,9,13,19H,8H2,1-4H3/t13-/m0/s1. The van der Waals surface area contributed by atoms with E-state index in [1.54, 1.807) is 13.1 Å². The number of nitrogens with zero attached hydrogens (tertiary/aromatic N) is 2. The second kappa shape index (κ2) is 5.49. The number of aryl methyl sites for hydroxylation is 3. The van der Waals surface area contributed by atoms with Gasteiger partial charge in [0.05, 0.1) is 6.10 Å². The number of aliphatic hydroxyl groups is 1. The lowest BCUT2D eigenvalue weighted by molar-refractivity contribution is 0.197. The van der Waals surface area contributed by atoms with E-state index in [4.69, 9.17) is 0 Å². The Labute approximate surface area is 114 Å². The fourth-order valence-corrected chi connectivity index (χ4v) is 2.12. The lowest BCUT2D eigenvalue weighted by atomic mass is 10.0. The Balaban J connectivity index is 2.24. The van der Waals surface area contributed by atoms with Crippen molar-refractivity contribution in [3.63, 3.8) is 0 Å². The van der Waals surface area contributed by atoms with Crippen molar-refractivity contribution in [2.24, 2.45) is 0 Å². The minimum Gasteiger partial charge on any atom is -0.389 e. The summed E-state index contributed by atoms with van der Waals surface area (Å²) in [5.74, 6) is 0.796. The molecule has 0 bridgehead atoms. The molecular formula is C16H20N2O. The van der Waals surface area contributed by atoms with Crippen LogP contribution in [0.3, 0.4) is 0 Å². The molecule has 1 aromatic heterocycles. The predicted molar refractivity (Wildman–Crippen MR) is 76.1 cm³/mol. The normalized spacial score (nSPS) is 12.5. The first-order chi connectivity index (χ1) is 8.97. The molecule has 2 aromatic rings. The Bertz CT molecular complexity index is 591. The van der Waals surface area contributed by atoms with Crippen molar-refractivity contribution in [2.45, 2.75) is 40.2 Å². The third-order valence-corrected chi connectivity index (χ3v) is 3.45. The zero-order valence-electron chi connectivity index (χ0n) is 11.9. The first-order valence-electron chi connectivity index (χ1n) is 6.54. The molecule has 0 saturated heterocycles. The van der Waals surface area contributed by atoms with Gasteiger partial charge in [0.2, 0.25) is 0 Å². The Kier molecular flexibility index (Phi) is 3.96. The third-order valence-electron chi connectivity index (χ3n) is 3.45. The van der Waals surface area contributed by atoms with Crippen molar-refractivity contribution in [3.8, 4) is 0 Å². The summed E-state index contributed by atoms with van der Waals surface area (Å²) in [6.07, 6.45) is 1.93. The topological polar surface area (TPSA) is 46.0 Å². The molecule has 19 heavy (non-hydrogen) atoms. The van der Waals surface area contributed by atoms with Crippen LogP contribution in [0, 0.1) is 20.8 Å². The second-order valence-electron chi connectivity index (χ2n) is 5.10. The van der Waals surface area contributed by atoms with Crippen molar-refractivity contribution < 1.29 is 5.11 Å². The van der Waals surface area contributed by atoms with E-state index < -0.39 is 6.10 Å². The number of hydrogen-bond acceptors (Lipinski definition) is 3. The molecule has 1 N–H and O–H groups in total. The number of aliphatic hydroxyl groups excluding tert-OH is 1. The van der Waals surface area contributed by atoms with Crippen LogP contribution in [0.5, 0.6) is 0 Å². The van der Waals surface area contributed by atoms with Gasteiger partial charge in [0.15, 0.2) is 0 Å². The van der Waals surface area contributed by atoms with E-state index in [0.717, 1.165) is 23.5 Å². The van der Waals surface area contributed by atoms with Gasteiger partial charge in [0.1, 0.15) is 5.82 Å². The lowest BCUT2D eigenvalue weighted by Crippen LogP contribution is -2.04. The number of rotatable bonds is 3. The molecule has 0 aliphatic carbocycles. The van der Waals surface area contributed by atoms with E-state index in [1.165, 1.54) is 16.7 Å². The molecule has 0 unspecified atom stereocenters. The van der Waals surface area contributed by atoms with Crippen LogP contribution in [0.1, 0.15) is 46.8 Å². The van der Waals surface area contributed by atoms with Crippen LogP contribution in [-0.4, -0.2) is 15.1 Å². The summed E-state index contributed by atoms with van der Waals surface area (Å²) in [5, 5.41) is 9.57. The van der Waals surface area contributed by atoms with Crippen molar-refractivity contribution in [1.29, 1.82) is 0 Å². The SMILES string of the molecule is Cc1ccc(Cc2ncc([C@H](C)O)c(C)n2)cc1C. The van der Waals surface area contributed by atoms with Gasteiger partial charge in [-0.05, 0) is 44.4 Å². The molecule has 3 nitrogen and oxygen atoms in total. The van der Waals surface area contributed by atoms with E-state index in [9.17, 15) is 5.11 Å². The van der Waals surface area contributed by atoms with Crippen molar-refractivity contribution in [2.75, 3.05) is 0 Å². The average molecular weight is 256 g/mol. The summed E-state index contributed by atoms with van der Waals surface area (Å²) in [4.78, 5) is 8.81. The van der Waals surface area contributed by atoms with Gasteiger partial charge in [-0.3, -0.25) is 0 Å². The highest BCUT2D eigenvalue weighted by molar-refractivity contribution is 5.31. The third kappa shape index (κ3) is 3.18. The number of benzene rings is 1. The lowest BCUT2D eigenvalue weighted by Gasteiger charge is -2.09. The maximum Gasteiger partial charge on any atom is 0.132 e. The first-order valence-corrected chi connectivity index (χ1v) is 6.54. The molecule has 0 amide bonds. The van der Waals surface area contributed by atoms with E-state index in [0.29, 0.717) is 0 Å². The Morgan fingerprint density at radius 2 is 1.89 bits per heavy atom. The largest absolute Gasteiger partial charge is 0.389 e. The van der Waals surface area contributed by atoms with Gasteiger partial charge in [-0.1, -0.05) is 18.2 Å². The van der Waals surface area contributed by atoms with Gasteiger partial charge in [0, 0.05) is 23.9 Å². The summed E-state index contributed by atoms with van der Waals surface area (Å²) in [7, 11) is 0. The van der Waals surface area contributed by atoms with E-state index in [1.807, 2.05) is 6.92 Å². The molecule has 1 heterocycles. The summed E-state index contributed by atoms with van der Waals surface area (Å²) < 4.78 is 0. The number of aromatic nitrogens is 2.